The lowest BCUT2D eigenvalue weighted by atomic mass is 10.0. The first kappa shape index (κ1) is 28.4. The van der Waals surface area contributed by atoms with Crippen molar-refractivity contribution in [3.05, 3.63) is 63.4 Å². The number of halogens is 2. The summed E-state index contributed by atoms with van der Waals surface area (Å²) in [5, 5.41) is 14.9. The van der Waals surface area contributed by atoms with Crippen molar-refractivity contribution in [1.82, 2.24) is 15.2 Å². The summed E-state index contributed by atoms with van der Waals surface area (Å²) >= 11 is 0. The van der Waals surface area contributed by atoms with Crippen LogP contribution in [0.4, 0.5) is 20.2 Å². The van der Waals surface area contributed by atoms with Crippen molar-refractivity contribution >= 4 is 40.1 Å². The van der Waals surface area contributed by atoms with Gasteiger partial charge in [0.2, 0.25) is 11.3 Å². The summed E-state index contributed by atoms with van der Waals surface area (Å²) in [6.07, 6.45) is 0.554. The molecule has 1 amide bonds. The number of carboxylic acids is 1. The fourth-order valence-corrected chi connectivity index (χ4v) is 5.85. The van der Waals surface area contributed by atoms with Gasteiger partial charge in [0.15, 0.2) is 17.8 Å². The molecule has 4 heterocycles. The molecular weight excluding hydrogens is 568 g/mol. The van der Waals surface area contributed by atoms with Gasteiger partial charge in [-0.25, -0.2) is 18.4 Å². The average Bonchev–Trinajstić information content (AvgIpc) is 3.35. The maximum absolute atomic E-state index is 15.6. The van der Waals surface area contributed by atoms with Crippen LogP contribution in [0.3, 0.4) is 0 Å². The van der Waals surface area contributed by atoms with Crippen molar-refractivity contribution < 1.29 is 37.7 Å². The summed E-state index contributed by atoms with van der Waals surface area (Å²) < 4.78 is 43.7. The first-order chi connectivity index (χ1) is 20.5. The van der Waals surface area contributed by atoms with Crippen LogP contribution in [-0.2, 0) is 14.3 Å². The third-order valence-electron chi connectivity index (χ3n) is 8.00. The predicted octanol–water partition coefficient (Wildman–Crippen LogP) is 1.91. The molecule has 14 heteroatoms. The smallest absolute Gasteiger partial charge is 0.341 e. The number of nitrogens with zero attached hydrogens (tertiary/aromatic N) is 3. The number of carboxylic acid groups (broad SMARTS) is 1. The minimum Gasteiger partial charge on any atom is -0.487 e. The van der Waals surface area contributed by atoms with Gasteiger partial charge in [0.25, 0.3) is 0 Å². The van der Waals surface area contributed by atoms with Crippen LogP contribution in [0.2, 0.25) is 0 Å². The first-order valence-electron chi connectivity index (χ1n) is 13.8. The van der Waals surface area contributed by atoms with Crippen LogP contribution >= 0.6 is 0 Å². The quantitative estimate of drug-likeness (QED) is 0.361. The van der Waals surface area contributed by atoms with Gasteiger partial charge < -0.3 is 34.3 Å². The van der Waals surface area contributed by atoms with Gasteiger partial charge in [-0.05, 0) is 30.7 Å². The number of hydrogen-bond donors (Lipinski definition) is 3. The zero-order valence-corrected chi connectivity index (χ0v) is 23.4. The third-order valence-corrected chi connectivity index (χ3v) is 8.00. The molecule has 6 rings (SSSR count). The monoisotopic (exact) mass is 597 g/mol. The number of carbonyl (C=O) groups is 3. The number of pyridine rings is 1. The van der Waals surface area contributed by atoms with Crippen LogP contribution < -0.4 is 30.6 Å². The Morgan fingerprint density at radius 3 is 2.49 bits per heavy atom. The van der Waals surface area contributed by atoms with Gasteiger partial charge in [-0.15, -0.1) is 0 Å². The largest absolute Gasteiger partial charge is 0.487 e. The molecule has 3 aliphatic rings. The highest BCUT2D eigenvalue weighted by Gasteiger charge is 2.36. The molecule has 226 valence electrons. The van der Waals surface area contributed by atoms with E-state index in [9.17, 15) is 24.3 Å². The highest BCUT2D eigenvalue weighted by atomic mass is 19.1. The molecule has 2 unspecified atom stereocenters. The lowest BCUT2D eigenvalue weighted by molar-refractivity contribution is -0.142. The van der Waals surface area contributed by atoms with Crippen LogP contribution in [0.5, 0.6) is 5.75 Å². The number of hydrogen-bond acceptors (Lipinski definition) is 9. The fraction of sp³-hybridized carbons (Fsp3) is 0.379. The Hall–Kier alpha value is -4.72. The standard InChI is InChI=1S/C29H29F2N5O7/c1-14-13-42-27-24-17(26(38)18(28(39)40)12-36(14)24)10-20(31)25(27)35-7-5-34(6-8-35)21-4-3-16(9-19(21)30)23-29(41)43-22(33-23)11-32-15(2)37/h3-4,9-10,12,14,22-23,33H,5-8,11,13H2,1-2H3,(H,32,37)(H,39,40)/t14?,22-,23?/m0/s1. The van der Waals surface area contributed by atoms with E-state index in [-0.39, 0.29) is 41.9 Å². The molecule has 1 aromatic heterocycles. The van der Waals surface area contributed by atoms with Crippen molar-refractivity contribution in [2.24, 2.45) is 0 Å². The number of ether oxygens (including phenoxy) is 2. The second-order valence-electron chi connectivity index (χ2n) is 10.8. The number of aromatic carboxylic acids is 1. The van der Waals surface area contributed by atoms with E-state index in [0.717, 1.165) is 6.07 Å². The average molecular weight is 598 g/mol. The van der Waals surface area contributed by atoms with Gasteiger partial charge in [0, 0.05) is 39.3 Å². The molecule has 12 nitrogen and oxygen atoms in total. The van der Waals surface area contributed by atoms with Gasteiger partial charge in [0.05, 0.1) is 29.2 Å². The number of amides is 1. The number of benzene rings is 2. The number of anilines is 2. The summed E-state index contributed by atoms with van der Waals surface area (Å²) in [7, 11) is 0. The van der Waals surface area contributed by atoms with Crippen molar-refractivity contribution in [2.75, 3.05) is 49.1 Å². The van der Waals surface area contributed by atoms with E-state index in [4.69, 9.17) is 9.47 Å². The molecule has 0 bridgehead atoms. The zero-order valence-electron chi connectivity index (χ0n) is 23.4. The third kappa shape index (κ3) is 5.01. The molecule has 0 radical (unpaired) electrons. The first-order valence-corrected chi connectivity index (χ1v) is 13.8. The number of rotatable bonds is 6. The Kier molecular flexibility index (Phi) is 7.16. The topological polar surface area (TPSA) is 142 Å². The maximum atomic E-state index is 15.6. The summed E-state index contributed by atoms with van der Waals surface area (Å²) in [5.74, 6) is -3.29. The van der Waals surface area contributed by atoms with Gasteiger partial charge in [-0.2, -0.15) is 0 Å². The van der Waals surface area contributed by atoms with E-state index < -0.39 is 46.8 Å². The molecule has 43 heavy (non-hydrogen) atoms. The van der Waals surface area contributed by atoms with Gasteiger partial charge in [0.1, 0.15) is 29.7 Å². The molecule has 0 aliphatic carbocycles. The molecule has 3 aliphatic heterocycles. The van der Waals surface area contributed by atoms with E-state index in [2.05, 4.69) is 10.6 Å². The molecule has 2 fully saturated rings. The summed E-state index contributed by atoms with van der Waals surface area (Å²) in [4.78, 5) is 51.6. The second kappa shape index (κ2) is 10.8. The molecule has 2 saturated heterocycles. The van der Waals surface area contributed by atoms with Gasteiger partial charge in [-0.1, -0.05) is 6.07 Å². The lowest BCUT2D eigenvalue weighted by Gasteiger charge is -2.39. The summed E-state index contributed by atoms with van der Waals surface area (Å²) in [5.41, 5.74) is 0.00181. The highest BCUT2D eigenvalue weighted by molar-refractivity contribution is 5.97. The van der Waals surface area contributed by atoms with E-state index >= 15 is 8.78 Å². The van der Waals surface area contributed by atoms with E-state index in [0.29, 0.717) is 42.9 Å². The molecule has 2 aromatic carbocycles. The van der Waals surface area contributed by atoms with E-state index in [1.165, 1.54) is 19.2 Å². The summed E-state index contributed by atoms with van der Waals surface area (Å²) in [6, 6.07) is 4.40. The van der Waals surface area contributed by atoms with Crippen LogP contribution in [0.25, 0.3) is 10.9 Å². The molecule has 0 saturated carbocycles. The van der Waals surface area contributed by atoms with Crippen molar-refractivity contribution in [3.63, 3.8) is 0 Å². The van der Waals surface area contributed by atoms with Crippen LogP contribution in [-0.4, -0.2) is 73.1 Å². The molecule has 3 N–H and O–H groups in total. The van der Waals surface area contributed by atoms with Crippen molar-refractivity contribution in [3.8, 4) is 5.75 Å². The molecule has 0 spiro atoms. The number of nitrogens with one attached hydrogen (secondary N) is 2. The van der Waals surface area contributed by atoms with Crippen LogP contribution in [0.15, 0.2) is 35.3 Å². The minimum absolute atomic E-state index is 0.0643. The Morgan fingerprint density at radius 1 is 1.09 bits per heavy atom. The molecular formula is C29H29F2N5O7. The number of cyclic esters (lactones) is 1. The van der Waals surface area contributed by atoms with Crippen molar-refractivity contribution in [1.29, 1.82) is 0 Å². The molecule has 3 atom stereocenters. The number of piperazine rings is 1. The normalized spacial score (nSPS) is 21.5. The Labute approximate surface area is 243 Å². The SMILES string of the molecule is CC(=O)NC[C@H]1NC(c2ccc(N3CCN(c4c(F)cc5c(=O)c(C(=O)O)cn6c5c4OCC6C)CC3)c(F)c2)C(=O)O1. The van der Waals surface area contributed by atoms with Crippen LogP contribution in [0.1, 0.15) is 41.9 Å². The number of esters is 1. The Balaban J connectivity index is 1.21. The second-order valence-corrected chi connectivity index (χ2v) is 10.8. The van der Waals surface area contributed by atoms with E-state index in [1.807, 2.05) is 11.8 Å². The zero-order chi connectivity index (χ0) is 30.6. The Bertz CT molecular complexity index is 1720. The minimum atomic E-state index is -1.39. The van der Waals surface area contributed by atoms with Gasteiger partial charge >= 0.3 is 11.9 Å². The highest BCUT2D eigenvalue weighted by Crippen LogP contribution is 2.42. The van der Waals surface area contributed by atoms with Gasteiger partial charge in [-0.3, -0.25) is 14.9 Å². The maximum Gasteiger partial charge on any atom is 0.341 e. The lowest BCUT2D eigenvalue weighted by Crippen LogP contribution is -2.47. The van der Waals surface area contributed by atoms with Crippen molar-refractivity contribution in [2.45, 2.75) is 32.2 Å². The summed E-state index contributed by atoms with van der Waals surface area (Å²) in [6.45, 7) is 4.73. The van der Waals surface area contributed by atoms with E-state index in [1.54, 1.807) is 21.6 Å². The predicted molar refractivity (Wildman–Crippen MR) is 151 cm³/mol. The fourth-order valence-electron chi connectivity index (χ4n) is 5.85. The van der Waals surface area contributed by atoms with Crippen LogP contribution in [0, 0.1) is 11.6 Å². The number of carbonyl (C=O) groups excluding carboxylic acids is 2. The molecule has 3 aromatic rings. The number of aromatic nitrogens is 1. The Morgan fingerprint density at radius 2 is 1.81 bits per heavy atom.